The molecule has 0 aromatic carbocycles. The topological polar surface area (TPSA) is 30.9 Å². The molecule has 0 aromatic heterocycles. The van der Waals surface area contributed by atoms with Crippen LogP contribution in [0.4, 0.5) is 13.2 Å². The zero-order valence-electron chi connectivity index (χ0n) is 14.2. The number of piperazine rings is 1. The predicted molar refractivity (Wildman–Crippen MR) is 86.6 cm³/mol. The van der Waals surface area contributed by atoms with Gasteiger partial charge in [0.1, 0.15) is 6.04 Å². The summed E-state index contributed by atoms with van der Waals surface area (Å²) in [5, 5.41) is 3.27. The SMILES string of the molecule is CCNC(=NCCCC1CC1)N1CCN(C(C)C(F)(F)F)CC1. The normalized spacial score (nSPS) is 22.3. The highest BCUT2D eigenvalue weighted by molar-refractivity contribution is 5.80. The fraction of sp³-hybridized carbons (Fsp3) is 0.938. The zero-order chi connectivity index (χ0) is 16.9. The molecule has 2 aliphatic rings. The van der Waals surface area contributed by atoms with Crippen molar-refractivity contribution in [2.24, 2.45) is 10.9 Å². The molecule has 0 bridgehead atoms. The van der Waals surface area contributed by atoms with Crippen LogP contribution in [-0.2, 0) is 0 Å². The summed E-state index contributed by atoms with van der Waals surface area (Å²) < 4.78 is 38.4. The van der Waals surface area contributed by atoms with Gasteiger partial charge in [0, 0.05) is 39.3 Å². The smallest absolute Gasteiger partial charge is 0.357 e. The first-order chi connectivity index (χ1) is 10.9. The van der Waals surface area contributed by atoms with Crippen molar-refractivity contribution in [1.82, 2.24) is 15.1 Å². The van der Waals surface area contributed by atoms with Crippen molar-refractivity contribution in [3.05, 3.63) is 0 Å². The van der Waals surface area contributed by atoms with Crippen LogP contribution in [-0.4, -0.2) is 67.2 Å². The van der Waals surface area contributed by atoms with Crippen molar-refractivity contribution in [2.75, 3.05) is 39.3 Å². The van der Waals surface area contributed by atoms with Gasteiger partial charge in [-0.15, -0.1) is 0 Å². The van der Waals surface area contributed by atoms with Gasteiger partial charge in [-0.2, -0.15) is 13.2 Å². The van der Waals surface area contributed by atoms with Crippen molar-refractivity contribution in [3.8, 4) is 0 Å². The van der Waals surface area contributed by atoms with Crippen LogP contribution in [0.3, 0.4) is 0 Å². The first-order valence-corrected chi connectivity index (χ1v) is 8.75. The summed E-state index contributed by atoms with van der Waals surface area (Å²) in [6, 6.07) is -1.37. The van der Waals surface area contributed by atoms with E-state index >= 15 is 0 Å². The number of halogens is 3. The van der Waals surface area contributed by atoms with Gasteiger partial charge < -0.3 is 10.2 Å². The van der Waals surface area contributed by atoms with Crippen molar-refractivity contribution in [1.29, 1.82) is 0 Å². The fourth-order valence-electron chi connectivity index (χ4n) is 2.93. The molecule has 2 rings (SSSR count). The third-order valence-corrected chi connectivity index (χ3v) is 4.70. The molecular formula is C16H29F3N4. The second-order valence-electron chi connectivity index (χ2n) is 6.56. The van der Waals surface area contributed by atoms with E-state index in [4.69, 9.17) is 0 Å². The van der Waals surface area contributed by atoms with Crippen LogP contribution in [0.5, 0.6) is 0 Å². The van der Waals surface area contributed by atoms with Crippen molar-refractivity contribution in [2.45, 2.75) is 51.7 Å². The van der Waals surface area contributed by atoms with Crippen LogP contribution in [0.25, 0.3) is 0 Å². The monoisotopic (exact) mass is 334 g/mol. The number of guanidine groups is 1. The third kappa shape index (κ3) is 5.86. The summed E-state index contributed by atoms with van der Waals surface area (Å²) in [5.74, 6) is 1.77. The lowest BCUT2D eigenvalue weighted by Gasteiger charge is -2.39. The number of hydrogen-bond acceptors (Lipinski definition) is 2. The maximum absolute atomic E-state index is 12.8. The van der Waals surface area contributed by atoms with E-state index in [0.29, 0.717) is 26.2 Å². The molecule has 0 aromatic rings. The number of nitrogens with zero attached hydrogens (tertiary/aromatic N) is 3. The molecule has 0 amide bonds. The van der Waals surface area contributed by atoms with Gasteiger partial charge in [0.25, 0.3) is 0 Å². The molecule has 1 heterocycles. The van der Waals surface area contributed by atoms with E-state index < -0.39 is 12.2 Å². The first kappa shape index (κ1) is 18.4. The molecule has 1 unspecified atom stereocenters. The fourth-order valence-corrected chi connectivity index (χ4v) is 2.93. The number of aliphatic imine (C=N–C) groups is 1. The van der Waals surface area contributed by atoms with Crippen molar-refractivity contribution < 1.29 is 13.2 Å². The zero-order valence-corrected chi connectivity index (χ0v) is 14.2. The predicted octanol–water partition coefficient (Wildman–Crippen LogP) is 2.71. The molecule has 7 heteroatoms. The Kier molecular flexibility index (Phi) is 6.56. The van der Waals surface area contributed by atoms with Gasteiger partial charge in [-0.25, -0.2) is 0 Å². The van der Waals surface area contributed by atoms with E-state index in [1.54, 1.807) is 0 Å². The highest BCUT2D eigenvalue weighted by Crippen LogP contribution is 2.33. The van der Waals surface area contributed by atoms with Gasteiger partial charge in [-0.1, -0.05) is 12.8 Å². The van der Waals surface area contributed by atoms with Gasteiger partial charge >= 0.3 is 6.18 Å². The lowest BCUT2D eigenvalue weighted by atomic mass is 10.2. The minimum atomic E-state index is -4.15. The molecular weight excluding hydrogens is 305 g/mol. The molecule has 0 spiro atoms. The number of rotatable bonds is 6. The summed E-state index contributed by atoms with van der Waals surface area (Å²) in [5.41, 5.74) is 0. The van der Waals surface area contributed by atoms with Gasteiger partial charge in [0.15, 0.2) is 5.96 Å². The maximum atomic E-state index is 12.8. The van der Waals surface area contributed by atoms with E-state index in [9.17, 15) is 13.2 Å². The van der Waals surface area contributed by atoms with Crippen LogP contribution in [0, 0.1) is 5.92 Å². The second kappa shape index (κ2) is 8.22. The summed E-state index contributed by atoms with van der Waals surface area (Å²) in [4.78, 5) is 8.24. The highest BCUT2D eigenvalue weighted by Gasteiger charge is 2.41. The Balaban J connectivity index is 1.80. The molecule has 0 radical (unpaired) electrons. The number of alkyl halides is 3. The number of nitrogens with one attached hydrogen (secondary N) is 1. The highest BCUT2D eigenvalue weighted by atomic mass is 19.4. The molecule has 1 N–H and O–H groups in total. The second-order valence-corrected chi connectivity index (χ2v) is 6.56. The molecule has 1 atom stereocenters. The van der Waals surface area contributed by atoms with Gasteiger partial charge in [0.2, 0.25) is 0 Å². The Labute approximate surface area is 137 Å². The Morgan fingerprint density at radius 3 is 2.39 bits per heavy atom. The Morgan fingerprint density at radius 1 is 1.22 bits per heavy atom. The number of hydrogen-bond donors (Lipinski definition) is 1. The van der Waals surface area contributed by atoms with E-state index in [1.165, 1.54) is 31.1 Å². The minimum Gasteiger partial charge on any atom is -0.357 e. The van der Waals surface area contributed by atoms with Gasteiger partial charge in [0.05, 0.1) is 0 Å². The van der Waals surface area contributed by atoms with Crippen LogP contribution in [0.15, 0.2) is 4.99 Å². The van der Waals surface area contributed by atoms with Crippen LogP contribution in [0.1, 0.15) is 39.5 Å². The van der Waals surface area contributed by atoms with Gasteiger partial charge in [-0.3, -0.25) is 9.89 Å². The standard InChI is InChI=1S/C16H29F3N4/c1-3-20-15(21-8-4-5-14-6-7-14)23-11-9-22(10-12-23)13(2)16(17,18)19/h13-14H,3-12H2,1-2H3,(H,20,21). The molecule has 4 nitrogen and oxygen atoms in total. The Morgan fingerprint density at radius 2 is 1.87 bits per heavy atom. The lowest BCUT2D eigenvalue weighted by molar-refractivity contribution is -0.181. The summed E-state index contributed by atoms with van der Waals surface area (Å²) >= 11 is 0. The molecule has 1 aliphatic heterocycles. The maximum Gasteiger partial charge on any atom is 0.403 e. The van der Waals surface area contributed by atoms with Crippen molar-refractivity contribution in [3.63, 3.8) is 0 Å². The van der Waals surface area contributed by atoms with E-state index in [0.717, 1.165) is 31.4 Å². The minimum absolute atomic E-state index is 0.424. The van der Waals surface area contributed by atoms with Gasteiger partial charge in [-0.05, 0) is 32.6 Å². The summed E-state index contributed by atoms with van der Waals surface area (Å²) in [6.45, 7) is 6.87. The van der Waals surface area contributed by atoms with E-state index in [-0.39, 0.29) is 0 Å². The molecule has 1 aliphatic carbocycles. The first-order valence-electron chi connectivity index (χ1n) is 8.75. The Bertz CT molecular complexity index is 385. The molecule has 23 heavy (non-hydrogen) atoms. The average Bonchev–Trinajstić information content (AvgIpc) is 3.33. The summed E-state index contributed by atoms with van der Waals surface area (Å²) in [6.07, 6.45) is 0.931. The molecule has 2 fully saturated rings. The Hall–Kier alpha value is -0.980. The largest absolute Gasteiger partial charge is 0.403 e. The lowest BCUT2D eigenvalue weighted by Crippen LogP contribution is -2.56. The third-order valence-electron chi connectivity index (χ3n) is 4.70. The molecule has 1 saturated heterocycles. The van der Waals surface area contributed by atoms with Crippen LogP contribution in [0.2, 0.25) is 0 Å². The molecule has 134 valence electrons. The van der Waals surface area contributed by atoms with Crippen molar-refractivity contribution >= 4 is 5.96 Å². The summed E-state index contributed by atoms with van der Waals surface area (Å²) in [7, 11) is 0. The van der Waals surface area contributed by atoms with Crippen LogP contribution < -0.4 is 5.32 Å². The van der Waals surface area contributed by atoms with Crippen LogP contribution >= 0.6 is 0 Å². The quantitative estimate of drug-likeness (QED) is 0.460. The van der Waals surface area contributed by atoms with E-state index in [2.05, 4.69) is 15.2 Å². The van der Waals surface area contributed by atoms with E-state index in [1.807, 2.05) is 6.92 Å². The average molecular weight is 334 g/mol. The molecule has 1 saturated carbocycles.